The van der Waals surface area contributed by atoms with Gasteiger partial charge in [-0.2, -0.15) is 0 Å². The molecule has 2 heteroatoms. The normalized spacial score (nSPS) is 16.2. The van der Waals surface area contributed by atoms with Gasteiger partial charge in [0.25, 0.3) is 0 Å². The third-order valence-corrected chi connectivity index (χ3v) is 2.06. The zero-order chi connectivity index (χ0) is 9.10. The minimum absolute atomic E-state index is 0.798. The highest BCUT2D eigenvalue weighted by Crippen LogP contribution is 2.09. The fourth-order valence-electron chi connectivity index (χ4n) is 1.41. The van der Waals surface area contributed by atoms with Crippen LogP contribution in [-0.2, 0) is 4.74 Å². The van der Waals surface area contributed by atoms with Crippen molar-refractivity contribution in [2.24, 2.45) is 4.99 Å². The Morgan fingerprint density at radius 1 is 1.38 bits per heavy atom. The van der Waals surface area contributed by atoms with E-state index in [1.54, 1.807) is 0 Å². The molecule has 2 nitrogen and oxygen atoms in total. The van der Waals surface area contributed by atoms with Crippen LogP contribution in [0.1, 0.15) is 17.5 Å². The summed E-state index contributed by atoms with van der Waals surface area (Å²) in [6.45, 7) is 3.77. The minimum Gasteiger partial charge on any atom is -0.477 e. The van der Waals surface area contributed by atoms with E-state index in [4.69, 9.17) is 4.74 Å². The highest BCUT2D eigenvalue weighted by molar-refractivity contribution is 5.94. The molecule has 0 fully saturated rings. The van der Waals surface area contributed by atoms with E-state index in [9.17, 15) is 0 Å². The Hall–Kier alpha value is -1.31. The maximum Gasteiger partial charge on any atom is 0.216 e. The molecule has 2 rings (SSSR count). The highest BCUT2D eigenvalue weighted by Gasteiger charge is 2.07. The summed E-state index contributed by atoms with van der Waals surface area (Å²) in [5.74, 6) is 0.801. The summed E-state index contributed by atoms with van der Waals surface area (Å²) in [7, 11) is 0. The second-order valence-electron chi connectivity index (χ2n) is 3.26. The molecule has 0 aliphatic carbocycles. The molecule has 0 radical (unpaired) electrons. The van der Waals surface area contributed by atoms with Gasteiger partial charge < -0.3 is 4.74 Å². The molecule has 0 saturated heterocycles. The van der Waals surface area contributed by atoms with Crippen LogP contribution in [0, 0.1) is 6.92 Å². The summed E-state index contributed by atoms with van der Waals surface area (Å²) in [5, 5.41) is 0. The molecular formula is C11H13NO. The lowest BCUT2D eigenvalue weighted by atomic mass is 10.1. The first-order valence-electron chi connectivity index (χ1n) is 4.60. The zero-order valence-electron chi connectivity index (χ0n) is 7.79. The minimum atomic E-state index is 0.798. The number of nitrogens with zero attached hydrogens (tertiary/aromatic N) is 1. The molecule has 0 bridgehead atoms. The summed E-state index contributed by atoms with van der Waals surface area (Å²) < 4.78 is 5.47. The van der Waals surface area contributed by atoms with E-state index in [0.717, 1.165) is 31.0 Å². The molecule has 0 saturated carbocycles. The van der Waals surface area contributed by atoms with Gasteiger partial charge in [-0.05, 0) is 19.1 Å². The number of aliphatic imine (C=N–C) groups is 1. The summed E-state index contributed by atoms with van der Waals surface area (Å²) in [6.07, 6.45) is 1.04. The molecule has 13 heavy (non-hydrogen) atoms. The second-order valence-corrected chi connectivity index (χ2v) is 3.26. The van der Waals surface area contributed by atoms with Gasteiger partial charge in [0.1, 0.15) is 0 Å². The molecule has 1 aliphatic rings. The van der Waals surface area contributed by atoms with Gasteiger partial charge in [-0.15, -0.1) is 0 Å². The van der Waals surface area contributed by atoms with Crippen molar-refractivity contribution in [2.75, 3.05) is 13.2 Å². The highest BCUT2D eigenvalue weighted by atomic mass is 16.5. The standard InChI is InChI=1S/C11H13NO/c1-9-4-2-5-10(8-9)11-12-6-3-7-13-11/h2,4-5,8H,3,6-7H2,1H3. The van der Waals surface area contributed by atoms with Crippen molar-refractivity contribution in [1.29, 1.82) is 0 Å². The maximum atomic E-state index is 5.47. The van der Waals surface area contributed by atoms with E-state index in [-0.39, 0.29) is 0 Å². The fourth-order valence-corrected chi connectivity index (χ4v) is 1.41. The lowest BCUT2D eigenvalue weighted by Crippen LogP contribution is -2.14. The quantitative estimate of drug-likeness (QED) is 0.641. The Kier molecular flexibility index (Phi) is 2.30. The Bertz CT molecular complexity index is 331. The topological polar surface area (TPSA) is 21.6 Å². The molecule has 0 N–H and O–H groups in total. The first-order valence-corrected chi connectivity index (χ1v) is 4.60. The molecule has 1 aromatic carbocycles. The smallest absolute Gasteiger partial charge is 0.216 e. The van der Waals surface area contributed by atoms with Crippen LogP contribution < -0.4 is 0 Å². The number of rotatable bonds is 1. The number of benzene rings is 1. The van der Waals surface area contributed by atoms with E-state index in [2.05, 4.69) is 24.0 Å². The van der Waals surface area contributed by atoms with E-state index >= 15 is 0 Å². The molecular weight excluding hydrogens is 162 g/mol. The van der Waals surface area contributed by atoms with Crippen LogP contribution in [0.5, 0.6) is 0 Å². The Labute approximate surface area is 78.3 Å². The lowest BCUT2D eigenvalue weighted by Gasteiger charge is -2.13. The van der Waals surface area contributed by atoms with Crippen LogP contribution in [0.4, 0.5) is 0 Å². The van der Waals surface area contributed by atoms with Crippen LogP contribution in [0.2, 0.25) is 0 Å². The second kappa shape index (κ2) is 3.60. The largest absolute Gasteiger partial charge is 0.477 e. The van der Waals surface area contributed by atoms with Crippen molar-refractivity contribution in [3.05, 3.63) is 35.4 Å². The van der Waals surface area contributed by atoms with Gasteiger partial charge in [-0.25, -0.2) is 0 Å². The van der Waals surface area contributed by atoms with Gasteiger partial charge in [0, 0.05) is 18.5 Å². The number of aryl methyl sites for hydroxylation is 1. The third kappa shape index (κ3) is 1.89. The van der Waals surface area contributed by atoms with E-state index in [1.165, 1.54) is 5.56 Å². The fraction of sp³-hybridized carbons (Fsp3) is 0.364. The van der Waals surface area contributed by atoms with Crippen LogP contribution in [-0.4, -0.2) is 19.0 Å². The summed E-state index contributed by atoms with van der Waals surface area (Å²) in [6, 6.07) is 8.25. The van der Waals surface area contributed by atoms with E-state index < -0.39 is 0 Å². The average Bonchev–Trinajstić information content (AvgIpc) is 2.19. The van der Waals surface area contributed by atoms with Gasteiger partial charge in [-0.3, -0.25) is 4.99 Å². The molecule has 0 unspecified atom stereocenters. The molecule has 1 aromatic rings. The molecule has 0 amide bonds. The molecule has 68 valence electrons. The van der Waals surface area contributed by atoms with E-state index in [1.807, 2.05) is 12.1 Å². The average molecular weight is 175 g/mol. The summed E-state index contributed by atoms with van der Waals surface area (Å²) >= 11 is 0. The molecule has 0 spiro atoms. The van der Waals surface area contributed by atoms with Gasteiger partial charge >= 0.3 is 0 Å². The molecule has 0 atom stereocenters. The van der Waals surface area contributed by atoms with Crippen molar-refractivity contribution in [3.8, 4) is 0 Å². The van der Waals surface area contributed by atoms with Crippen LogP contribution in [0.15, 0.2) is 29.3 Å². The zero-order valence-corrected chi connectivity index (χ0v) is 7.79. The lowest BCUT2D eigenvalue weighted by molar-refractivity contribution is 0.284. The van der Waals surface area contributed by atoms with Crippen LogP contribution in [0.25, 0.3) is 0 Å². The maximum absolute atomic E-state index is 5.47. The first-order chi connectivity index (χ1) is 6.36. The monoisotopic (exact) mass is 175 g/mol. The Morgan fingerprint density at radius 3 is 3.00 bits per heavy atom. The number of hydrogen-bond donors (Lipinski definition) is 0. The van der Waals surface area contributed by atoms with Crippen LogP contribution in [0.3, 0.4) is 0 Å². The molecule has 1 aliphatic heterocycles. The predicted octanol–water partition coefficient (Wildman–Crippen LogP) is 2.16. The summed E-state index contributed by atoms with van der Waals surface area (Å²) in [5.41, 5.74) is 2.34. The number of ether oxygens (including phenoxy) is 1. The van der Waals surface area contributed by atoms with Crippen molar-refractivity contribution in [2.45, 2.75) is 13.3 Å². The third-order valence-electron chi connectivity index (χ3n) is 2.06. The van der Waals surface area contributed by atoms with Crippen molar-refractivity contribution in [3.63, 3.8) is 0 Å². The Balaban J connectivity index is 2.29. The number of hydrogen-bond acceptors (Lipinski definition) is 2. The Morgan fingerprint density at radius 2 is 2.31 bits per heavy atom. The van der Waals surface area contributed by atoms with Gasteiger partial charge in [0.05, 0.1) is 6.61 Å². The van der Waals surface area contributed by atoms with Crippen molar-refractivity contribution in [1.82, 2.24) is 0 Å². The van der Waals surface area contributed by atoms with Crippen molar-refractivity contribution >= 4 is 5.90 Å². The van der Waals surface area contributed by atoms with Crippen LogP contribution >= 0.6 is 0 Å². The first kappa shape index (κ1) is 8.30. The van der Waals surface area contributed by atoms with Crippen molar-refractivity contribution < 1.29 is 4.74 Å². The van der Waals surface area contributed by atoms with Gasteiger partial charge in [0.15, 0.2) is 0 Å². The molecule has 0 aromatic heterocycles. The molecule has 1 heterocycles. The van der Waals surface area contributed by atoms with Gasteiger partial charge in [-0.1, -0.05) is 17.7 Å². The van der Waals surface area contributed by atoms with E-state index in [0.29, 0.717) is 0 Å². The predicted molar refractivity (Wildman–Crippen MR) is 53.2 cm³/mol. The van der Waals surface area contributed by atoms with Gasteiger partial charge in [0.2, 0.25) is 5.90 Å². The SMILES string of the molecule is Cc1cccc(C2=NCCCO2)c1. The summed E-state index contributed by atoms with van der Waals surface area (Å²) in [4.78, 5) is 4.34.